The number of amides is 1. The van der Waals surface area contributed by atoms with Crippen LogP contribution in [0.15, 0.2) is 35.3 Å². The number of carbonyl (C=O) groups excluding carboxylic acids is 1. The second-order valence-corrected chi connectivity index (χ2v) is 5.14. The van der Waals surface area contributed by atoms with Crippen molar-refractivity contribution in [1.82, 2.24) is 20.1 Å². The van der Waals surface area contributed by atoms with E-state index < -0.39 is 0 Å². The Morgan fingerprint density at radius 1 is 1.26 bits per heavy atom. The van der Waals surface area contributed by atoms with Crippen molar-refractivity contribution in [3.05, 3.63) is 46.4 Å². The summed E-state index contributed by atoms with van der Waals surface area (Å²) in [4.78, 5) is 27.6. The quantitative estimate of drug-likeness (QED) is 0.880. The Labute approximate surface area is 132 Å². The number of nitrogens with one attached hydrogen (secondary N) is 1. The summed E-state index contributed by atoms with van der Waals surface area (Å²) in [6.45, 7) is 1.05. The van der Waals surface area contributed by atoms with Crippen LogP contribution >= 0.6 is 0 Å². The SMILES string of the molecule is COc1ccc(O[C@H]2CCN(C(=O)c3ccc(=O)[nH]c3)C2)nn1. The molecule has 3 heterocycles. The molecule has 23 heavy (non-hydrogen) atoms. The van der Waals surface area contributed by atoms with Crippen molar-refractivity contribution in [1.29, 1.82) is 0 Å². The molecule has 1 saturated heterocycles. The number of ether oxygens (including phenoxy) is 2. The lowest BCUT2D eigenvalue weighted by Crippen LogP contribution is -2.31. The number of hydrogen-bond acceptors (Lipinski definition) is 6. The van der Waals surface area contributed by atoms with Gasteiger partial charge in [0.1, 0.15) is 6.10 Å². The minimum Gasteiger partial charge on any atom is -0.480 e. The van der Waals surface area contributed by atoms with Crippen LogP contribution < -0.4 is 15.0 Å². The summed E-state index contributed by atoms with van der Waals surface area (Å²) < 4.78 is 10.7. The molecule has 0 bridgehead atoms. The van der Waals surface area contributed by atoms with Crippen molar-refractivity contribution in [3.63, 3.8) is 0 Å². The molecule has 0 saturated carbocycles. The first-order valence-electron chi connectivity index (χ1n) is 7.18. The van der Waals surface area contributed by atoms with Crippen LogP contribution in [0.1, 0.15) is 16.8 Å². The van der Waals surface area contributed by atoms with Crippen molar-refractivity contribution >= 4 is 5.91 Å². The summed E-state index contributed by atoms with van der Waals surface area (Å²) in [5, 5.41) is 7.75. The minimum atomic E-state index is -0.234. The number of rotatable bonds is 4. The van der Waals surface area contributed by atoms with Gasteiger partial charge in [-0.25, -0.2) is 0 Å². The Bertz CT molecular complexity index is 723. The van der Waals surface area contributed by atoms with Gasteiger partial charge < -0.3 is 19.4 Å². The van der Waals surface area contributed by atoms with Crippen LogP contribution in [0, 0.1) is 0 Å². The number of aromatic nitrogens is 3. The average molecular weight is 316 g/mol. The van der Waals surface area contributed by atoms with Gasteiger partial charge in [0.2, 0.25) is 17.3 Å². The highest BCUT2D eigenvalue weighted by molar-refractivity contribution is 5.94. The molecule has 1 fully saturated rings. The second kappa shape index (κ2) is 6.47. The monoisotopic (exact) mass is 316 g/mol. The number of carbonyl (C=O) groups is 1. The summed E-state index contributed by atoms with van der Waals surface area (Å²) in [6.07, 6.45) is 2.00. The zero-order valence-corrected chi connectivity index (χ0v) is 12.6. The zero-order chi connectivity index (χ0) is 16.2. The summed E-state index contributed by atoms with van der Waals surface area (Å²) in [5.41, 5.74) is 0.219. The Balaban J connectivity index is 1.60. The van der Waals surface area contributed by atoms with Crippen LogP contribution in [0.4, 0.5) is 0 Å². The van der Waals surface area contributed by atoms with Crippen LogP contribution in [0.5, 0.6) is 11.8 Å². The predicted molar refractivity (Wildman–Crippen MR) is 80.6 cm³/mol. The largest absolute Gasteiger partial charge is 0.480 e. The molecule has 120 valence electrons. The summed E-state index contributed by atoms with van der Waals surface area (Å²) in [6, 6.07) is 6.20. The van der Waals surface area contributed by atoms with E-state index in [-0.39, 0.29) is 17.6 Å². The molecule has 1 amide bonds. The number of hydrogen-bond donors (Lipinski definition) is 1. The summed E-state index contributed by atoms with van der Waals surface area (Å²) in [5.74, 6) is 0.681. The van der Waals surface area contributed by atoms with Gasteiger partial charge in [-0.1, -0.05) is 0 Å². The number of likely N-dealkylation sites (tertiary alicyclic amines) is 1. The van der Waals surface area contributed by atoms with Crippen molar-refractivity contribution in [2.75, 3.05) is 20.2 Å². The molecule has 8 heteroatoms. The van der Waals surface area contributed by atoms with Gasteiger partial charge in [-0.2, -0.15) is 0 Å². The lowest BCUT2D eigenvalue weighted by atomic mass is 10.2. The van der Waals surface area contributed by atoms with E-state index in [0.29, 0.717) is 36.8 Å². The highest BCUT2D eigenvalue weighted by Gasteiger charge is 2.28. The summed E-state index contributed by atoms with van der Waals surface area (Å²) >= 11 is 0. The van der Waals surface area contributed by atoms with Crippen LogP contribution in [-0.4, -0.2) is 52.3 Å². The van der Waals surface area contributed by atoms with Crippen LogP contribution in [0.2, 0.25) is 0 Å². The molecule has 1 aliphatic rings. The lowest BCUT2D eigenvalue weighted by molar-refractivity contribution is 0.0770. The molecule has 1 atom stereocenters. The Morgan fingerprint density at radius 3 is 2.70 bits per heavy atom. The number of aromatic amines is 1. The number of H-pyrrole nitrogens is 1. The first-order valence-corrected chi connectivity index (χ1v) is 7.18. The van der Waals surface area contributed by atoms with Crippen LogP contribution in [0.3, 0.4) is 0 Å². The molecule has 0 spiro atoms. The molecule has 8 nitrogen and oxygen atoms in total. The highest BCUT2D eigenvalue weighted by atomic mass is 16.5. The van der Waals surface area contributed by atoms with E-state index in [1.165, 1.54) is 25.4 Å². The van der Waals surface area contributed by atoms with E-state index in [4.69, 9.17) is 9.47 Å². The van der Waals surface area contributed by atoms with E-state index in [0.717, 1.165) is 0 Å². The zero-order valence-electron chi connectivity index (χ0n) is 12.6. The summed E-state index contributed by atoms with van der Waals surface area (Å²) in [7, 11) is 1.52. The molecular weight excluding hydrogens is 300 g/mol. The van der Waals surface area contributed by atoms with E-state index >= 15 is 0 Å². The van der Waals surface area contributed by atoms with Gasteiger partial charge in [-0.3, -0.25) is 9.59 Å². The first kappa shape index (κ1) is 15.0. The molecule has 0 aromatic carbocycles. The smallest absolute Gasteiger partial charge is 0.255 e. The molecule has 2 aromatic rings. The maximum absolute atomic E-state index is 12.3. The molecule has 3 rings (SSSR count). The number of methoxy groups -OCH3 is 1. The predicted octanol–water partition coefficient (Wildman–Crippen LogP) is 0.467. The van der Waals surface area contributed by atoms with Crippen molar-refractivity contribution in [3.8, 4) is 11.8 Å². The Hall–Kier alpha value is -2.90. The molecule has 1 aliphatic heterocycles. The van der Waals surface area contributed by atoms with Crippen molar-refractivity contribution < 1.29 is 14.3 Å². The Morgan fingerprint density at radius 2 is 2.04 bits per heavy atom. The van der Waals surface area contributed by atoms with Gasteiger partial charge >= 0.3 is 0 Å². The second-order valence-electron chi connectivity index (χ2n) is 5.14. The standard InChI is InChI=1S/C15H16N4O4/c1-22-13-4-5-14(18-17-13)23-11-6-7-19(9-11)15(21)10-2-3-12(20)16-8-10/h2-5,8,11H,6-7,9H2,1H3,(H,16,20)/t11-/m0/s1. The molecular formula is C15H16N4O4. The minimum absolute atomic E-state index is 0.131. The first-order chi connectivity index (χ1) is 11.2. The lowest BCUT2D eigenvalue weighted by Gasteiger charge is -2.16. The maximum atomic E-state index is 12.3. The van der Waals surface area contributed by atoms with E-state index in [1.54, 1.807) is 17.0 Å². The third-order valence-electron chi connectivity index (χ3n) is 3.58. The van der Waals surface area contributed by atoms with Gasteiger partial charge in [0.15, 0.2) is 0 Å². The van der Waals surface area contributed by atoms with Gasteiger partial charge in [-0.05, 0) is 6.07 Å². The van der Waals surface area contributed by atoms with Gasteiger partial charge in [0.25, 0.3) is 5.91 Å². The van der Waals surface area contributed by atoms with Gasteiger partial charge in [0, 0.05) is 37.4 Å². The molecule has 2 aromatic heterocycles. The van der Waals surface area contributed by atoms with E-state index in [2.05, 4.69) is 15.2 Å². The highest BCUT2D eigenvalue weighted by Crippen LogP contribution is 2.18. The van der Waals surface area contributed by atoms with Crippen molar-refractivity contribution in [2.45, 2.75) is 12.5 Å². The normalized spacial score (nSPS) is 17.1. The average Bonchev–Trinajstić information content (AvgIpc) is 3.04. The third kappa shape index (κ3) is 3.47. The fourth-order valence-corrected chi connectivity index (χ4v) is 2.39. The van der Waals surface area contributed by atoms with Gasteiger partial charge in [-0.15, -0.1) is 10.2 Å². The van der Waals surface area contributed by atoms with E-state index in [1.807, 2.05) is 0 Å². The Kier molecular flexibility index (Phi) is 4.22. The van der Waals surface area contributed by atoms with Crippen LogP contribution in [0.25, 0.3) is 0 Å². The van der Waals surface area contributed by atoms with Crippen LogP contribution in [-0.2, 0) is 0 Å². The molecule has 0 aliphatic carbocycles. The molecule has 0 unspecified atom stereocenters. The molecule has 1 N–H and O–H groups in total. The number of nitrogens with zero attached hydrogens (tertiary/aromatic N) is 3. The van der Waals surface area contributed by atoms with E-state index in [9.17, 15) is 9.59 Å². The van der Waals surface area contributed by atoms with Gasteiger partial charge in [0.05, 0.1) is 19.2 Å². The number of pyridine rings is 1. The topological polar surface area (TPSA) is 97.4 Å². The maximum Gasteiger partial charge on any atom is 0.255 e. The fraction of sp³-hybridized carbons (Fsp3) is 0.333. The fourth-order valence-electron chi connectivity index (χ4n) is 2.39. The molecule has 0 radical (unpaired) electrons. The third-order valence-corrected chi connectivity index (χ3v) is 3.58. The van der Waals surface area contributed by atoms with Crippen molar-refractivity contribution in [2.24, 2.45) is 0 Å².